The Bertz CT molecular complexity index is 345. The third kappa shape index (κ3) is 3.30. The van der Waals surface area contributed by atoms with Crippen LogP contribution < -0.4 is 5.73 Å². The molecule has 1 unspecified atom stereocenters. The molecule has 94 valence electrons. The van der Waals surface area contributed by atoms with Gasteiger partial charge in [-0.3, -0.25) is 4.90 Å². The lowest BCUT2D eigenvalue weighted by Gasteiger charge is -2.38. The second-order valence-electron chi connectivity index (χ2n) is 5.69. The summed E-state index contributed by atoms with van der Waals surface area (Å²) < 4.78 is 0. The summed E-state index contributed by atoms with van der Waals surface area (Å²) >= 11 is 0. The molecule has 0 spiro atoms. The highest BCUT2D eigenvalue weighted by atomic mass is 15.2. The summed E-state index contributed by atoms with van der Waals surface area (Å²) in [4.78, 5) is 2.42. The molecule has 1 aliphatic carbocycles. The van der Waals surface area contributed by atoms with Crippen LogP contribution in [0.15, 0.2) is 30.3 Å². The molecule has 0 aliphatic heterocycles. The average molecular weight is 232 g/mol. The predicted octanol–water partition coefficient (Wildman–Crippen LogP) is 2.64. The third-order valence-corrected chi connectivity index (χ3v) is 4.05. The fourth-order valence-electron chi connectivity index (χ4n) is 2.39. The lowest BCUT2D eigenvalue weighted by molar-refractivity contribution is 0.119. The van der Waals surface area contributed by atoms with Crippen LogP contribution in [0.3, 0.4) is 0 Å². The number of benzene rings is 1. The summed E-state index contributed by atoms with van der Waals surface area (Å²) in [5.74, 6) is 0.918. The van der Waals surface area contributed by atoms with Gasteiger partial charge in [-0.1, -0.05) is 43.2 Å². The standard InChI is InChI=1S/C15H24N2/c1-15(12-16,10-13-8-9-13)17(2)11-14-6-4-3-5-7-14/h3-7,13H,8-12,16H2,1-2H3. The predicted molar refractivity (Wildman–Crippen MR) is 72.7 cm³/mol. The quantitative estimate of drug-likeness (QED) is 0.817. The van der Waals surface area contributed by atoms with Crippen molar-refractivity contribution in [3.05, 3.63) is 35.9 Å². The van der Waals surface area contributed by atoms with Crippen LogP contribution in [0.5, 0.6) is 0 Å². The zero-order chi connectivity index (χ0) is 12.3. The summed E-state index contributed by atoms with van der Waals surface area (Å²) in [6.45, 7) is 4.03. The van der Waals surface area contributed by atoms with Crippen molar-refractivity contribution in [1.29, 1.82) is 0 Å². The van der Waals surface area contributed by atoms with Crippen molar-refractivity contribution >= 4 is 0 Å². The van der Waals surface area contributed by atoms with Crippen LogP contribution >= 0.6 is 0 Å². The van der Waals surface area contributed by atoms with Gasteiger partial charge in [0.05, 0.1) is 0 Å². The topological polar surface area (TPSA) is 29.3 Å². The van der Waals surface area contributed by atoms with Crippen LogP contribution in [0.4, 0.5) is 0 Å². The summed E-state index contributed by atoms with van der Waals surface area (Å²) in [5.41, 5.74) is 7.51. The van der Waals surface area contributed by atoms with E-state index in [9.17, 15) is 0 Å². The van der Waals surface area contributed by atoms with E-state index >= 15 is 0 Å². The van der Waals surface area contributed by atoms with Crippen LogP contribution in [0.25, 0.3) is 0 Å². The molecule has 0 saturated heterocycles. The summed E-state index contributed by atoms with van der Waals surface area (Å²) in [6, 6.07) is 10.6. The summed E-state index contributed by atoms with van der Waals surface area (Å²) in [5, 5.41) is 0. The molecule has 1 aromatic rings. The maximum absolute atomic E-state index is 6.00. The first-order valence-electron chi connectivity index (χ1n) is 6.59. The number of nitrogens with zero attached hydrogens (tertiary/aromatic N) is 1. The first kappa shape index (κ1) is 12.6. The molecular formula is C15H24N2. The van der Waals surface area contributed by atoms with Gasteiger partial charge in [-0.25, -0.2) is 0 Å². The molecule has 0 amide bonds. The first-order valence-corrected chi connectivity index (χ1v) is 6.59. The maximum Gasteiger partial charge on any atom is 0.0306 e. The SMILES string of the molecule is CN(Cc1ccccc1)C(C)(CN)CC1CC1. The molecule has 1 atom stereocenters. The Hall–Kier alpha value is -0.860. The molecular weight excluding hydrogens is 208 g/mol. The van der Waals surface area contributed by atoms with Crippen molar-refractivity contribution in [2.24, 2.45) is 11.7 Å². The molecule has 1 saturated carbocycles. The number of nitrogens with two attached hydrogens (primary N) is 1. The van der Waals surface area contributed by atoms with E-state index in [4.69, 9.17) is 5.73 Å². The molecule has 2 nitrogen and oxygen atoms in total. The molecule has 0 heterocycles. The smallest absolute Gasteiger partial charge is 0.0306 e. The fraction of sp³-hybridized carbons (Fsp3) is 0.600. The Morgan fingerprint density at radius 1 is 1.29 bits per heavy atom. The Balaban J connectivity index is 1.98. The zero-order valence-corrected chi connectivity index (χ0v) is 11.0. The number of likely N-dealkylation sites (N-methyl/N-ethyl adjacent to an activating group) is 1. The second kappa shape index (κ2) is 5.19. The van der Waals surface area contributed by atoms with Gasteiger partial charge in [0.1, 0.15) is 0 Å². The fourth-order valence-corrected chi connectivity index (χ4v) is 2.39. The molecule has 2 rings (SSSR count). The monoisotopic (exact) mass is 232 g/mol. The van der Waals surface area contributed by atoms with E-state index in [1.165, 1.54) is 24.8 Å². The van der Waals surface area contributed by atoms with Crippen molar-refractivity contribution in [1.82, 2.24) is 4.90 Å². The Morgan fingerprint density at radius 3 is 2.47 bits per heavy atom. The largest absolute Gasteiger partial charge is 0.329 e. The van der Waals surface area contributed by atoms with Gasteiger partial charge in [-0.2, -0.15) is 0 Å². The van der Waals surface area contributed by atoms with Crippen LogP contribution in [-0.2, 0) is 6.54 Å². The van der Waals surface area contributed by atoms with Crippen LogP contribution in [0.2, 0.25) is 0 Å². The van der Waals surface area contributed by atoms with E-state index in [-0.39, 0.29) is 5.54 Å². The van der Waals surface area contributed by atoms with Crippen molar-refractivity contribution in [2.45, 2.75) is 38.3 Å². The molecule has 1 fully saturated rings. The van der Waals surface area contributed by atoms with Crippen molar-refractivity contribution in [3.8, 4) is 0 Å². The molecule has 0 aromatic heterocycles. The van der Waals surface area contributed by atoms with Gasteiger partial charge in [-0.05, 0) is 31.9 Å². The van der Waals surface area contributed by atoms with Gasteiger partial charge >= 0.3 is 0 Å². The van der Waals surface area contributed by atoms with E-state index < -0.39 is 0 Å². The minimum absolute atomic E-state index is 0.150. The van der Waals surface area contributed by atoms with E-state index in [2.05, 4.69) is 49.2 Å². The lowest BCUT2D eigenvalue weighted by atomic mass is 9.92. The minimum atomic E-state index is 0.150. The zero-order valence-electron chi connectivity index (χ0n) is 11.0. The van der Waals surface area contributed by atoms with Crippen LogP contribution in [-0.4, -0.2) is 24.0 Å². The van der Waals surface area contributed by atoms with Gasteiger partial charge < -0.3 is 5.73 Å². The third-order valence-electron chi connectivity index (χ3n) is 4.05. The van der Waals surface area contributed by atoms with E-state index in [1.807, 2.05) is 0 Å². The van der Waals surface area contributed by atoms with E-state index in [0.29, 0.717) is 0 Å². The van der Waals surface area contributed by atoms with Crippen molar-refractivity contribution in [3.63, 3.8) is 0 Å². The second-order valence-corrected chi connectivity index (χ2v) is 5.69. The van der Waals surface area contributed by atoms with Gasteiger partial charge in [-0.15, -0.1) is 0 Å². The van der Waals surface area contributed by atoms with Gasteiger partial charge in [0.2, 0.25) is 0 Å². The number of rotatable bonds is 6. The number of hydrogen-bond acceptors (Lipinski definition) is 2. The Kier molecular flexibility index (Phi) is 3.85. The van der Waals surface area contributed by atoms with Gasteiger partial charge in [0, 0.05) is 18.6 Å². The molecule has 1 aliphatic rings. The Labute approximate surface area is 105 Å². The molecule has 2 heteroatoms. The normalized spacial score (nSPS) is 19.3. The molecule has 2 N–H and O–H groups in total. The molecule has 0 bridgehead atoms. The first-order chi connectivity index (χ1) is 8.14. The number of hydrogen-bond donors (Lipinski definition) is 1. The lowest BCUT2D eigenvalue weighted by Crippen LogP contribution is -2.49. The van der Waals surface area contributed by atoms with Gasteiger partial charge in [0.15, 0.2) is 0 Å². The van der Waals surface area contributed by atoms with E-state index in [0.717, 1.165) is 19.0 Å². The van der Waals surface area contributed by atoms with Gasteiger partial charge in [0.25, 0.3) is 0 Å². The highest BCUT2D eigenvalue weighted by Gasteiger charge is 2.35. The van der Waals surface area contributed by atoms with Crippen molar-refractivity contribution < 1.29 is 0 Å². The highest BCUT2D eigenvalue weighted by molar-refractivity contribution is 5.15. The average Bonchev–Trinajstić information content (AvgIpc) is 3.14. The molecule has 17 heavy (non-hydrogen) atoms. The maximum atomic E-state index is 6.00. The van der Waals surface area contributed by atoms with Crippen LogP contribution in [0.1, 0.15) is 31.7 Å². The highest BCUT2D eigenvalue weighted by Crippen LogP contribution is 2.38. The molecule has 1 aromatic carbocycles. The molecule has 0 radical (unpaired) electrons. The minimum Gasteiger partial charge on any atom is -0.329 e. The Morgan fingerprint density at radius 2 is 1.94 bits per heavy atom. The van der Waals surface area contributed by atoms with E-state index in [1.54, 1.807) is 0 Å². The summed E-state index contributed by atoms with van der Waals surface area (Å²) in [6.07, 6.45) is 4.04. The van der Waals surface area contributed by atoms with Crippen LogP contribution in [0, 0.1) is 5.92 Å². The summed E-state index contributed by atoms with van der Waals surface area (Å²) in [7, 11) is 2.20. The van der Waals surface area contributed by atoms with Crippen molar-refractivity contribution in [2.75, 3.05) is 13.6 Å².